The van der Waals surface area contributed by atoms with Gasteiger partial charge in [-0.3, -0.25) is 4.79 Å². The predicted octanol–water partition coefficient (Wildman–Crippen LogP) is 4.22. The maximum atomic E-state index is 12.4. The van der Waals surface area contributed by atoms with Crippen LogP contribution in [0.5, 0.6) is 0 Å². The molecular formula is C20H20N2O3. The largest absolute Gasteiger partial charge is 0.455 e. The van der Waals surface area contributed by atoms with E-state index in [0.29, 0.717) is 11.5 Å². The molecule has 3 aromatic rings. The molecule has 0 saturated carbocycles. The van der Waals surface area contributed by atoms with Gasteiger partial charge in [-0.2, -0.15) is 0 Å². The molecule has 128 valence electrons. The first-order valence-electron chi connectivity index (χ1n) is 8.08. The standard InChI is InChI=1S/C20H20N2O3/c1-14(19-13-16-9-7-8-12-18(16)24-19)21-25-15(2)20(23)22(3)17-10-5-4-6-11-17/h4-13,15H,1-3H3. The number of anilines is 1. The zero-order chi connectivity index (χ0) is 17.8. The van der Waals surface area contributed by atoms with Crippen molar-refractivity contribution in [2.45, 2.75) is 20.0 Å². The number of oxime groups is 1. The lowest BCUT2D eigenvalue weighted by atomic mass is 10.2. The van der Waals surface area contributed by atoms with Crippen LogP contribution in [0.25, 0.3) is 11.0 Å². The number of amides is 1. The highest BCUT2D eigenvalue weighted by Crippen LogP contribution is 2.19. The van der Waals surface area contributed by atoms with Crippen LogP contribution in [0.1, 0.15) is 19.6 Å². The molecule has 5 heteroatoms. The van der Waals surface area contributed by atoms with Gasteiger partial charge in [0.05, 0.1) is 0 Å². The Morgan fingerprint density at radius 3 is 2.52 bits per heavy atom. The molecule has 0 saturated heterocycles. The van der Waals surface area contributed by atoms with Gasteiger partial charge in [-0.1, -0.05) is 41.6 Å². The quantitative estimate of drug-likeness (QED) is 0.518. The van der Waals surface area contributed by atoms with Crippen LogP contribution in [0.2, 0.25) is 0 Å². The molecule has 1 aromatic heterocycles. The lowest BCUT2D eigenvalue weighted by Gasteiger charge is -2.20. The Labute approximate surface area is 146 Å². The van der Waals surface area contributed by atoms with Gasteiger partial charge in [-0.25, -0.2) is 0 Å². The fraction of sp³-hybridized carbons (Fsp3) is 0.200. The molecule has 0 radical (unpaired) electrons. The highest BCUT2D eigenvalue weighted by atomic mass is 16.6. The smallest absolute Gasteiger partial charge is 0.270 e. The molecule has 1 unspecified atom stereocenters. The Bertz CT molecular complexity index is 866. The highest BCUT2D eigenvalue weighted by molar-refractivity contribution is 5.99. The zero-order valence-corrected chi connectivity index (χ0v) is 14.5. The van der Waals surface area contributed by atoms with Gasteiger partial charge in [-0.05, 0) is 38.1 Å². The second-order valence-electron chi connectivity index (χ2n) is 5.81. The molecule has 1 atom stereocenters. The third kappa shape index (κ3) is 3.71. The molecule has 0 aliphatic heterocycles. The summed E-state index contributed by atoms with van der Waals surface area (Å²) in [4.78, 5) is 19.4. The number of furan rings is 1. The van der Waals surface area contributed by atoms with Crippen LogP contribution in [0, 0.1) is 0 Å². The molecule has 0 aliphatic rings. The summed E-state index contributed by atoms with van der Waals surface area (Å²) in [5.74, 6) is 0.449. The average Bonchev–Trinajstić information content (AvgIpc) is 3.09. The van der Waals surface area contributed by atoms with Gasteiger partial charge < -0.3 is 14.2 Å². The van der Waals surface area contributed by atoms with Crippen molar-refractivity contribution in [2.24, 2.45) is 5.16 Å². The minimum absolute atomic E-state index is 0.174. The summed E-state index contributed by atoms with van der Waals surface area (Å²) in [6.07, 6.45) is -0.704. The normalized spacial score (nSPS) is 12.8. The average molecular weight is 336 g/mol. The molecule has 0 fully saturated rings. The van der Waals surface area contributed by atoms with Crippen LogP contribution < -0.4 is 4.90 Å². The van der Waals surface area contributed by atoms with Crippen LogP contribution in [-0.4, -0.2) is 24.8 Å². The lowest BCUT2D eigenvalue weighted by Crippen LogP contribution is -2.35. The van der Waals surface area contributed by atoms with E-state index in [-0.39, 0.29) is 5.91 Å². The second kappa shape index (κ2) is 7.21. The Hall–Kier alpha value is -3.08. The first kappa shape index (κ1) is 16.8. The van der Waals surface area contributed by atoms with Gasteiger partial charge >= 0.3 is 0 Å². The third-order valence-electron chi connectivity index (χ3n) is 3.95. The number of benzene rings is 2. The number of carbonyl (C=O) groups is 1. The number of nitrogens with zero attached hydrogens (tertiary/aromatic N) is 2. The van der Waals surface area contributed by atoms with E-state index in [1.54, 1.807) is 25.8 Å². The summed E-state index contributed by atoms with van der Waals surface area (Å²) in [5.41, 5.74) is 2.18. The molecule has 0 spiro atoms. The number of carbonyl (C=O) groups excluding carboxylic acids is 1. The van der Waals surface area contributed by atoms with Gasteiger partial charge in [0.15, 0.2) is 5.76 Å². The topological polar surface area (TPSA) is 55.0 Å². The SMILES string of the molecule is CC(=NOC(C)C(=O)N(C)c1ccccc1)c1cc2ccccc2o1. The van der Waals surface area contributed by atoms with E-state index in [1.807, 2.05) is 60.7 Å². The molecule has 0 bridgehead atoms. The molecule has 1 amide bonds. The van der Waals surface area contributed by atoms with Gasteiger partial charge in [-0.15, -0.1) is 0 Å². The summed E-state index contributed by atoms with van der Waals surface area (Å²) in [6.45, 7) is 3.47. The molecule has 25 heavy (non-hydrogen) atoms. The first-order chi connectivity index (χ1) is 12.1. The third-order valence-corrected chi connectivity index (χ3v) is 3.95. The van der Waals surface area contributed by atoms with Crippen molar-refractivity contribution in [2.75, 3.05) is 11.9 Å². The summed E-state index contributed by atoms with van der Waals surface area (Å²) >= 11 is 0. The lowest BCUT2D eigenvalue weighted by molar-refractivity contribution is -0.128. The summed E-state index contributed by atoms with van der Waals surface area (Å²) in [5, 5.41) is 5.06. The van der Waals surface area contributed by atoms with Crippen molar-refractivity contribution < 1.29 is 14.0 Å². The molecule has 5 nitrogen and oxygen atoms in total. The molecular weight excluding hydrogens is 316 g/mol. The van der Waals surface area contributed by atoms with E-state index < -0.39 is 6.10 Å². The van der Waals surface area contributed by atoms with Crippen LogP contribution in [-0.2, 0) is 9.63 Å². The number of likely N-dealkylation sites (N-methyl/N-ethyl adjacent to an activating group) is 1. The number of hydrogen-bond donors (Lipinski definition) is 0. The van der Waals surface area contributed by atoms with Gasteiger partial charge in [0, 0.05) is 18.1 Å². The first-order valence-corrected chi connectivity index (χ1v) is 8.08. The zero-order valence-electron chi connectivity index (χ0n) is 14.5. The summed E-state index contributed by atoms with van der Waals surface area (Å²) in [7, 11) is 1.72. The van der Waals surface area contributed by atoms with Crippen molar-refractivity contribution in [3.8, 4) is 0 Å². The Kier molecular flexibility index (Phi) is 4.84. The number of rotatable bonds is 5. The minimum Gasteiger partial charge on any atom is -0.455 e. The van der Waals surface area contributed by atoms with E-state index in [1.165, 1.54) is 0 Å². The number of para-hydroxylation sites is 2. The van der Waals surface area contributed by atoms with Crippen LogP contribution in [0.3, 0.4) is 0 Å². The van der Waals surface area contributed by atoms with Crippen molar-refractivity contribution >= 4 is 28.3 Å². The maximum absolute atomic E-state index is 12.4. The van der Waals surface area contributed by atoms with Crippen LogP contribution in [0.15, 0.2) is 70.2 Å². The Morgan fingerprint density at radius 2 is 1.80 bits per heavy atom. The van der Waals surface area contributed by atoms with Gasteiger partial charge in [0.1, 0.15) is 11.3 Å². The molecule has 1 heterocycles. The van der Waals surface area contributed by atoms with E-state index >= 15 is 0 Å². The predicted molar refractivity (Wildman–Crippen MR) is 98.8 cm³/mol. The number of hydrogen-bond acceptors (Lipinski definition) is 4. The van der Waals surface area contributed by atoms with E-state index in [9.17, 15) is 4.79 Å². The Balaban J connectivity index is 1.68. The molecule has 0 N–H and O–H groups in total. The van der Waals surface area contributed by atoms with Crippen LogP contribution >= 0.6 is 0 Å². The minimum atomic E-state index is -0.704. The fourth-order valence-corrected chi connectivity index (χ4v) is 2.46. The maximum Gasteiger partial charge on any atom is 0.270 e. The van der Waals surface area contributed by atoms with E-state index in [4.69, 9.17) is 9.25 Å². The van der Waals surface area contributed by atoms with Crippen molar-refractivity contribution in [1.29, 1.82) is 0 Å². The summed E-state index contributed by atoms with van der Waals surface area (Å²) in [6, 6.07) is 19.0. The van der Waals surface area contributed by atoms with Crippen molar-refractivity contribution in [1.82, 2.24) is 0 Å². The Morgan fingerprint density at radius 1 is 1.12 bits per heavy atom. The van der Waals surface area contributed by atoms with Gasteiger partial charge in [0.2, 0.25) is 6.10 Å². The molecule has 3 rings (SSSR count). The fourth-order valence-electron chi connectivity index (χ4n) is 2.46. The number of fused-ring (bicyclic) bond motifs is 1. The monoisotopic (exact) mass is 336 g/mol. The molecule has 0 aliphatic carbocycles. The summed E-state index contributed by atoms with van der Waals surface area (Å²) < 4.78 is 5.73. The van der Waals surface area contributed by atoms with E-state index in [2.05, 4.69) is 5.16 Å². The van der Waals surface area contributed by atoms with Crippen molar-refractivity contribution in [3.63, 3.8) is 0 Å². The van der Waals surface area contributed by atoms with E-state index in [0.717, 1.165) is 16.7 Å². The van der Waals surface area contributed by atoms with Crippen molar-refractivity contribution in [3.05, 3.63) is 66.4 Å². The highest BCUT2D eigenvalue weighted by Gasteiger charge is 2.20. The van der Waals surface area contributed by atoms with Crippen LogP contribution in [0.4, 0.5) is 5.69 Å². The molecule has 2 aromatic carbocycles. The van der Waals surface area contributed by atoms with Gasteiger partial charge in [0.25, 0.3) is 5.91 Å². The second-order valence-corrected chi connectivity index (χ2v) is 5.81.